The van der Waals surface area contributed by atoms with Gasteiger partial charge in [-0.25, -0.2) is 19.2 Å². The fourth-order valence-corrected chi connectivity index (χ4v) is 4.90. The summed E-state index contributed by atoms with van der Waals surface area (Å²) in [7, 11) is 0. The lowest BCUT2D eigenvalue weighted by Crippen LogP contribution is -2.37. The van der Waals surface area contributed by atoms with E-state index < -0.39 is 11.8 Å². The van der Waals surface area contributed by atoms with Gasteiger partial charge in [0.1, 0.15) is 23.2 Å². The molecule has 5 aromatic rings. The quantitative estimate of drug-likeness (QED) is 0.211. The van der Waals surface area contributed by atoms with E-state index >= 15 is 4.39 Å². The van der Waals surface area contributed by atoms with Crippen LogP contribution in [0.3, 0.4) is 0 Å². The zero-order valence-corrected chi connectivity index (χ0v) is 23.6. The number of carbonyl (C=O) groups is 2. The van der Waals surface area contributed by atoms with Crippen LogP contribution in [-0.2, 0) is 9.53 Å². The first-order valence-electron chi connectivity index (χ1n) is 13.8. The summed E-state index contributed by atoms with van der Waals surface area (Å²) in [6, 6.07) is 20.1. The number of hydrogen-bond donors (Lipinski definition) is 3. The number of amides is 3. The number of furan rings is 1. The van der Waals surface area contributed by atoms with Crippen molar-refractivity contribution in [3.05, 3.63) is 84.4 Å². The van der Waals surface area contributed by atoms with Gasteiger partial charge in [-0.2, -0.15) is 0 Å². The molecule has 0 aliphatic carbocycles. The van der Waals surface area contributed by atoms with E-state index in [1.165, 1.54) is 13.0 Å². The number of aryl methyl sites for hydroxylation is 1. The van der Waals surface area contributed by atoms with Crippen LogP contribution in [0.2, 0.25) is 0 Å². The molecule has 1 saturated heterocycles. The van der Waals surface area contributed by atoms with E-state index in [2.05, 4.69) is 20.9 Å². The molecular formula is C32H29FN6O4. The maximum Gasteiger partial charge on any atom is 0.323 e. The standard InChI is InChI=1S/C32H29FN6O4/c1-19-3-12-29(43-19)21-4-10-26-28(17-21)37-30(38-31(26)39-13-15-42-16-14-39)25-11-9-24(18-27(25)33)36-32(41)35-23-7-5-22(6-8-23)34-20(2)40/h3-12,17-18H,13-16H2,1-2H3,(H,34,40)(H2,35,36,41). The molecule has 3 amide bonds. The van der Waals surface area contributed by atoms with Crippen LogP contribution >= 0.6 is 0 Å². The molecule has 3 heterocycles. The average molecular weight is 581 g/mol. The number of nitrogens with zero attached hydrogens (tertiary/aromatic N) is 3. The maximum atomic E-state index is 15.5. The van der Waals surface area contributed by atoms with E-state index in [-0.39, 0.29) is 23.0 Å². The maximum absolute atomic E-state index is 15.5. The van der Waals surface area contributed by atoms with Gasteiger partial charge in [0.05, 0.1) is 24.3 Å². The number of nitrogens with one attached hydrogen (secondary N) is 3. The summed E-state index contributed by atoms with van der Waals surface area (Å²) < 4.78 is 26.9. The number of benzene rings is 3. The van der Waals surface area contributed by atoms with Gasteiger partial charge in [-0.15, -0.1) is 0 Å². The van der Waals surface area contributed by atoms with Crippen LogP contribution in [0, 0.1) is 12.7 Å². The zero-order chi connectivity index (χ0) is 29.9. The van der Waals surface area contributed by atoms with Crippen molar-refractivity contribution in [3.8, 4) is 22.7 Å². The third-order valence-electron chi connectivity index (χ3n) is 6.94. The van der Waals surface area contributed by atoms with Crippen molar-refractivity contribution in [2.24, 2.45) is 0 Å². The van der Waals surface area contributed by atoms with Gasteiger partial charge < -0.3 is 30.0 Å². The van der Waals surface area contributed by atoms with Crippen LogP contribution in [0.25, 0.3) is 33.6 Å². The van der Waals surface area contributed by atoms with Crippen molar-refractivity contribution >= 4 is 45.7 Å². The molecule has 0 spiro atoms. The minimum atomic E-state index is -0.581. The number of urea groups is 1. The summed E-state index contributed by atoms with van der Waals surface area (Å²) in [5.74, 6) is 1.69. The second kappa shape index (κ2) is 11.9. The van der Waals surface area contributed by atoms with E-state index in [4.69, 9.17) is 19.1 Å². The van der Waals surface area contributed by atoms with Crippen molar-refractivity contribution in [2.45, 2.75) is 13.8 Å². The Morgan fingerprint density at radius 1 is 0.837 bits per heavy atom. The molecule has 0 unspecified atom stereocenters. The van der Waals surface area contributed by atoms with Gasteiger partial charge in [0, 0.05) is 48.0 Å². The number of anilines is 4. The third kappa shape index (κ3) is 6.31. The van der Waals surface area contributed by atoms with Crippen LogP contribution in [0.5, 0.6) is 0 Å². The van der Waals surface area contributed by atoms with Crippen molar-refractivity contribution in [1.82, 2.24) is 9.97 Å². The fraction of sp³-hybridized carbons (Fsp3) is 0.188. The first kappa shape index (κ1) is 27.9. The van der Waals surface area contributed by atoms with E-state index in [1.54, 1.807) is 36.4 Å². The number of halogens is 1. The normalized spacial score (nSPS) is 13.1. The predicted octanol–water partition coefficient (Wildman–Crippen LogP) is 6.44. The average Bonchev–Trinajstić information content (AvgIpc) is 3.44. The van der Waals surface area contributed by atoms with Gasteiger partial charge in [0.15, 0.2) is 5.82 Å². The van der Waals surface area contributed by atoms with Crippen molar-refractivity contribution < 1.29 is 23.1 Å². The topological polar surface area (TPSA) is 122 Å². The molecule has 11 heteroatoms. The lowest BCUT2D eigenvalue weighted by molar-refractivity contribution is -0.114. The summed E-state index contributed by atoms with van der Waals surface area (Å²) in [4.78, 5) is 35.4. The number of aromatic nitrogens is 2. The Bertz CT molecular complexity index is 1820. The van der Waals surface area contributed by atoms with E-state index in [1.807, 2.05) is 37.3 Å². The Morgan fingerprint density at radius 3 is 2.21 bits per heavy atom. The summed E-state index contributed by atoms with van der Waals surface area (Å²) in [6.07, 6.45) is 0. The second-order valence-corrected chi connectivity index (χ2v) is 10.1. The van der Waals surface area contributed by atoms with Crippen LogP contribution in [0.1, 0.15) is 12.7 Å². The molecule has 0 bridgehead atoms. The molecular weight excluding hydrogens is 551 g/mol. The van der Waals surface area contributed by atoms with Crippen LogP contribution in [0.4, 0.5) is 32.1 Å². The summed E-state index contributed by atoms with van der Waals surface area (Å²) >= 11 is 0. The number of morpholine rings is 1. The molecule has 3 aromatic carbocycles. The van der Waals surface area contributed by atoms with Gasteiger partial charge in [-0.1, -0.05) is 6.07 Å². The third-order valence-corrected chi connectivity index (χ3v) is 6.94. The highest BCUT2D eigenvalue weighted by Crippen LogP contribution is 2.33. The van der Waals surface area contributed by atoms with Crippen LogP contribution in [-0.4, -0.2) is 48.2 Å². The summed E-state index contributed by atoms with van der Waals surface area (Å²) in [5.41, 5.74) is 3.09. The molecule has 1 fully saturated rings. The van der Waals surface area contributed by atoms with E-state index in [0.717, 1.165) is 22.5 Å². The SMILES string of the molecule is CC(=O)Nc1ccc(NC(=O)Nc2ccc(-c3nc(N4CCOCC4)c4ccc(-c5ccc(C)o5)cc4n3)c(F)c2)cc1. The van der Waals surface area contributed by atoms with Crippen LogP contribution in [0.15, 0.2) is 77.2 Å². The Hall–Kier alpha value is -5.29. The van der Waals surface area contributed by atoms with E-state index in [9.17, 15) is 9.59 Å². The Kier molecular flexibility index (Phi) is 7.71. The summed E-state index contributed by atoms with van der Waals surface area (Å²) in [6.45, 7) is 5.75. The molecule has 218 valence electrons. The highest BCUT2D eigenvalue weighted by molar-refractivity contribution is 6.00. The molecule has 3 N–H and O–H groups in total. The van der Waals surface area contributed by atoms with Gasteiger partial charge in [-0.3, -0.25) is 4.79 Å². The van der Waals surface area contributed by atoms with Crippen molar-refractivity contribution in [1.29, 1.82) is 0 Å². The minimum Gasteiger partial charge on any atom is -0.461 e. The van der Waals surface area contributed by atoms with Gasteiger partial charge >= 0.3 is 6.03 Å². The molecule has 2 aromatic heterocycles. The van der Waals surface area contributed by atoms with Crippen molar-refractivity contribution in [3.63, 3.8) is 0 Å². The molecule has 1 aliphatic rings. The Balaban J connectivity index is 1.27. The minimum absolute atomic E-state index is 0.191. The molecule has 1 aliphatic heterocycles. The molecule has 0 atom stereocenters. The number of carbonyl (C=O) groups excluding carboxylic acids is 2. The largest absolute Gasteiger partial charge is 0.461 e. The Labute approximate surface area is 246 Å². The lowest BCUT2D eigenvalue weighted by Gasteiger charge is -2.29. The second-order valence-electron chi connectivity index (χ2n) is 10.1. The van der Waals surface area contributed by atoms with E-state index in [0.29, 0.717) is 49.0 Å². The molecule has 10 nitrogen and oxygen atoms in total. The molecule has 6 rings (SSSR count). The predicted molar refractivity (Wildman–Crippen MR) is 164 cm³/mol. The molecule has 43 heavy (non-hydrogen) atoms. The zero-order valence-electron chi connectivity index (χ0n) is 23.6. The summed E-state index contributed by atoms with van der Waals surface area (Å²) in [5, 5.41) is 8.84. The first-order valence-corrected chi connectivity index (χ1v) is 13.8. The number of fused-ring (bicyclic) bond motifs is 1. The molecule has 0 saturated carbocycles. The van der Waals surface area contributed by atoms with Crippen molar-refractivity contribution in [2.75, 3.05) is 47.2 Å². The highest BCUT2D eigenvalue weighted by Gasteiger charge is 2.20. The number of hydrogen-bond acceptors (Lipinski definition) is 7. The Morgan fingerprint density at radius 2 is 1.53 bits per heavy atom. The smallest absolute Gasteiger partial charge is 0.323 e. The van der Waals surface area contributed by atoms with Crippen LogP contribution < -0.4 is 20.9 Å². The monoisotopic (exact) mass is 580 g/mol. The van der Waals surface area contributed by atoms with Gasteiger partial charge in [0.2, 0.25) is 5.91 Å². The first-order chi connectivity index (χ1) is 20.8. The highest BCUT2D eigenvalue weighted by atomic mass is 19.1. The lowest BCUT2D eigenvalue weighted by atomic mass is 10.1. The number of ether oxygens (including phenoxy) is 1. The van der Waals surface area contributed by atoms with Gasteiger partial charge in [0.25, 0.3) is 0 Å². The van der Waals surface area contributed by atoms with Gasteiger partial charge in [-0.05, 0) is 73.7 Å². The fourth-order valence-electron chi connectivity index (χ4n) is 4.90. The number of rotatable bonds is 6. The molecule has 0 radical (unpaired) electrons.